The maximum absolute atomic E-state index is 13.2. The lowest BCUT2D eigenvalue weighted by molar-refractivity contribution is -0.138. The maximum Gasteiger partial charge on any atom is 0.416 e. The van der Waals surface area contributed by atoms with Gasteiger partial charge in [-0.05, 0) is 52.0 Å². The second-order valence-corrected chi connectivity index (χ2v) is 6.82. The number of nitrogens with one attached hydrogen (secondary N) is 1. The van der Waals surface area contributed by atoms with E-state index >= 15 is 0 Å². The molecule has 0 bridgehead atoms. The number of alkyl halides is 3. The van der Waals surface area contributed by atoms with Gasteiger partial charge in [0.2, 0.25) is 0 Å². The fourth-order valence-electron chi connectivity index (χ4n) is 2.07. The summed E-state index contributed by atoms with van der Waals surface area (Å²) in [4.78, 5) is 3.87. The Hall–Kier alpha value is -0.920. The van der Waals surface area contributed by atoms with Crippen molar-refractivity contribution in [2.75, 3.05) is 6.54 Å². The molecule has 2 aromatic heterocycles. The molecule has 0 spiro atoms. The summed E-state index contributed by atoms with van der Waals surface area (Å²) in [7, 11) is 0. The Morgan fingerprint density at radius 2 is 2.19 bits per heavy atom. The van der Waals surface area contributed by atoms with Crippen molar-refractivity contribution < 1.29 is 13.2 Å². The van der Waals surface area contributed by atoms with Gasteiger partial charge in [0, 0.05) is 18.0 Å². The molecule has 0 aliphatic heterocycles. The molecule has 7 heteroatoms. The molecule has 21 heavy (non-hydrogen) atoms. The van der Waals surface area contributed by atoms with Crippen LogP contribution in [0, 0.1) is 0 Å². The van der Waals surface area contributed by atoms with Crippen LogP contribution in [0.25, 0.3) is 0 Å². The molecule has 0 amide bonds. The molecule has 0 aliphatic rings. The van der Waals surface area contributed by atoms with Crippen LogP contribution < -0.4 is 5.32 Å². The number of aromatic nitrogens is 1. The number of pyridine rings is 1. The molecule has 0 saturated heterocycles. The summed E-state index contributed by atoms with van der Waals surface area (Å²) >= 11 is 4.80. The predicted octanol–water partition coefficient (Wildman–Crippen LogP) is 5.01. The standard InChI is InChI=1S/C14H14BrF3N2S/c1-2-4-20-13(9-6-12(15)21-8-9)10-7-19-5-3-11(10)14(16,17)18/h3,5-8,13,20H,2,4H2,1H3. The van der Waals surface area contributed by atoms with Gasteiger partial charge in [-0.2, -0.15) is 13.2 Å². The average molecular weight is 379 g/mol. The Morgan fingerprint density at radius 3 is 2.76 bits per heavy atom. The van der Waals surface area contributed by atoms with E-state index in [1.807, 2.05) is 18.4 Å². The fourth-order valence-corrected chi connectivity index (χ4v) is 3.27. The van der Waals surface area contributed by atoms with Crippen molar-refractivity contribution in [1.82, 2.24) is 10.3 Å². The monoisotopic (exact) mass is 378 g/mol. The second kappa shape index (κ2) is 6.89. The number of thiophene rings is 1. The first-order chi connectivity index (χ1) is 9.93. The van der Waals surface area contributed by atoms with Crippen LogP contribution in [0.4, 0.5) is 13.2 Å². The van der Waals surface area contributed by atoms with E-state index in [2.05, 4.69) is 26.2 Å². The SMILES string of the molecule is CCCNC(c1csc(Br)c1)c1cnccc1C(F)(F)F. The normalized spacial score (nSPS) is 13.4. The number of hydrogen-bond acceptors (Lipinski definition) is 3. The van der Waals surface area contributed by atoms with Gasteiger partial charge in [0.25, 0.3) is 0 Å². The first-order valence-electron chi connectivity index (χ1n) is 6.42. The van der Waals surface area contributed by atoms with Gasteiger partial charge in [-0.3, -0.25) is 4.98 Å². The Morgan fingerprint density at radius 1 is 1.43 bits per heavy atom. The molecule has 114 valence electrons. The molecule has 2 nitrogen and oxygen atoms in total. The van der Waals surface area contributed by atoms with Crippen LogP contribution in [0.3, 0.4) is 0 Å². The van der Waals surface area contributed by atoms with Gasteiger partial charge in [0.05, 0.1) is 15.4 Å². The molecular weight excluding hydrogens is 365 g/mol. The number of halogens is 4. The van der Waals surface area contributed by atoms with Gasteiger partial charge in [0.1, 0.15) is 0 Å². The molecule has 0 aliphatic carbocycles. The summed E-state index contributed by atoms with van der Waals surface area (Å²) in [6, 6.07) is 2.35. The van der Waals surface area contributed by atoms with E-state index in [0.29, 0.717) is 6.54 Å². The van der Waals surface area contributed by atoms with Crippen LogP contribution in [0.2, 0.25) is 0 Å². The van der Waals surface area contributed by atoms with E-state index in [1.54, 1.807) is 0 Å². The predicted molar refractivity (Wildman–Crippen MR) is 81.4 cm³/mol. The van der Waals surface area contributed by atoms with E-state index in [1.165, 1.54) is 23.7 Å². The first kappa shape index (κ1) is 16.5. The fraction of sp³-hybridized carbons (Fsp3) is 0.357. The van der Waals surface area contributed by atoms with Crippen molar-refractivity contribution in [3.63, 3.8) is 0 Å². The zero-order chi connectivity index (χ0) is 15.5. The van der Waals surface area contributed by atoms with Gasteiger partial charge in [-0.15, -0.1) is 11.3 Å². The third kappa shape index (κ3) is 4.05. The van der Waals surface area contributed by atoms with E-state index < -0.39 is 17.8 Å². The van der Waals surface area contributed by atoms with E-state index in [9.17, 15) is 13.2 Å². The highest BCUT2D eigenvalue weighted by atomic mass is 79.9. The Labute approximate surface area is 133 Å². The lowest BCUT2D eigenvalue weighted by Crippen LogP contribution is -2.25. The third-order valence-corrected chi connectivity index (χ3v) is 4.51. The second-order valence-electron chi connectivity index (χ2n) is 4.53. The van der Waals surface area contributed by atoms with Gasteiger partial charge in [-0.1, -0.05) is 6.92 Å². The molecule has 0 aromatic carbocycles. The molecule has 1 atom stereocenters. The zero-order valence-electron chi connectivity index (χ0n) is 11.2. The molecule has 0 fully saturated rings. The number of hydrogen-bond donors (Lipinski definition) is 1. The molecular formula is C14H14BrF3N2S. The third-order valence-electron chi connectivity index (χ3n) is 2.99. The summed E-state index contributed by atoms with van der Waals surface area (Å²) in [5, 5.41) is 5.03. The summed E-state index contributed by atoms with van der Waals surface area (Å²) in [5.41, 5.74) is 0.316. The molecule has 0 radical (unpaired) electrons. The van der Waals surface area contributed by atoms with E-state index in [4.69, 9.17) is 0 Å². The topological polar surface area (TPSA) is 24.9 Å². The van der Waals surface area contributed by atoms with Crippen LogP contribution in [-0.2, 0) is 6.18 Å². The Kier molecular flexibility index (Phi) is 5.40. The zero-order valence-corrected chi connectivity index (χ0v) is 13.6. The Balaban J connectivity index is 2.46. The van der Waals surface area contributed by atoms with E-state index in [-0.39, 0.29) is 5.56 Å². The van der Waals surface area contributed by atoms with Gasteiger partial charge >= 0.3 is 6.18 Å². The summed E-state index contributed by atoms with van der Waals surface area (Å²) in [6.45, 7) is 2.60. The van der Waals surface area contributed by atoms with Crippen molar-refractivity contribution in [3.8, 4) is 0 Å². The van der Waals surface area contributed by atoms with Gasteiger partial charge < -0.3 is 5.32 Å². The average Bonchev–Trinajstić information content (AvgIpc) is 2.85. The highest BCUT2D eigenvalue weighted by molar-refractivity contribution is 9.11. The molecule has 2 aromatic rings. The quantitative estimate of drug-likeness (QED) is 0.790. The van der Waals surface area contributed by atoms with Crippen LogP contribution in [0.15, 0.2) is 33.7 Å². The number of rotatable bonds is 5. The van der Waals surface area contributed by atoms with Crippen LogP contribution in [-0.4, -0.2) is 11.5 Å². The van der Waals surface area contributed by atoms with Crippen LogP contribution in [0.1, 0.15) is 36.1 Å². The lowest BCUT2D eigenvalue weighted by atomic mass is 9.97. The minimum Gasteiger partial charge on any atom is -0.306 e. The van der Waals surface area contributed by atoms with Crippen molar-refractivity contribution in [2.45, 2.75) is 25.6 Å². The maximum atomic E-state index is 13.2. The van der Waals surface area contributed by atoms with Gasteiger partial charge in [0.15, 0.2) is 0 Å². The largest absolute Gasteiger partial charge is 0.416 e. The molecule has 2 rings (SSSR count). The molecule has 1 N–H and O–H groups in total. The van der Waals surface area contributed by atoms with Crippen molar-refractivity contribution in [2.24, 2.45) is 0 Å². The summed E-state index contributed by atoms with van der Waals surface area (Å²) in [6.07, 6.45) is -1.09. The molecule has 2 heterocycles. The summed E-state index contributed by atoms with van der Waals surface area (Å²) in [5.74, 6) is 0. The van der Waals surface area contributed by atoms with Crippen molar-refractivity contribution >= 4 is 27.3 Å². The highest BCUT2D eigenvalue weighted by Gasteiger charge is 2.35. The summed E-state index contributed by atoms with van der Waals surface area (Å²) < 4.78 is 40.5. The minimum absolute atomic E-state index is 0.156. The first-order valence-corrected chi connectivity index (χ1v) is 8.09. The number of nitrogens with zero attached hydrogens (tertiary/aromatic N) is 1. The van der Waals surface area contributed by atoms with Crippen molar-refractivity contribution in [1.29, 1.82) is 0 Å². The minimum atomic E-state index is -4.39. The Bertz CT molecular complexity index is 598. The smallest absolute Gasteiger partial charge is 0.306 e. The van der Waals surface area contributed by atoms with Crippen LogP contribution in [0.5, 0.6) is 0 Å². The molecule has 0 saturated carbocycles. The van der Waals surface area contributed by atoms with Crippen molar-refractivity contribution in [3.05, 3.63) is 50.4 Å². The highest BCUT2D eigenvalue weighted by Crippen LogP contribution is 2.37. The lowest BCUT2D eigenvalue weighted by Gasteiger charge is -2.21. The van der Waals surface area contributed by atoms with Crippen LogP contribution >= 0.6 is 27.3 Å². The molecule has 1 unspecified atom stereocenters. The van der Waals surface area contributed by atoms with Gasteiger partial charge in [-0.25, -0.2) is 0 Å². The van der Waals surface area contributed by atoms with E-state index in [0.717, 1.165) is 21.8 Å².